The maximum atomic E-state index is 13.7. The van der Waals surface area contributed by atoms with Crippen LogP contribution in [0.25, 0.3) is 10.4 Å². The van der Waals surface area contributed by atoms with Gasteiger partial charge in [0, 0.05) is 24.8 Å². The highest BCUT2D eigenvalue weighted by atomic mass is 32.1. The Labute approximate surface area is 205 Å². The summed E-state index contributed by atoms with van der Waals surface area (Å²) >= 11 is 0.944. The van der Waals surface area contributed by atoms with E-state index in [2.05, 4.69) is 33.2 Å². The minimum atomic E-state index is -4.58. The first-order valence-electron chi connectivity index (χ1n) is 11.3. The predicted molar refractivity (Wildman–Crippen MR) is 131 cm³/mol. The fourth-order valence-corrected chi connectivity index (χ4v) is 5.14. The zero-order valence-electron chi connectivity index (χ0n) is 19.0. The molecule has 2 aromatic carbocycles. The van der Waals surface area contributed by atoms with Crippen LogP contribution in [0, 0.1) is 0 Å². The molecule has 4 aromatic rings. The van der Waals surface area contributed by atoms with E-state index in [1.54, 1.807) is 48.7 Å². The van der Waals surface area contributed by atoms with Gasteiger partial charge < -0.3 is 10.1 Å². The summed E-state index contributed by atoms with van der Waals surface area (Å²) in [4.78, 5) is 10.7. The standard InChI is InChI=1S/C26H23F3N4OS/c1-2-33-15-13-19-18(16-33)10-6-12-21(19)34-24-20(11-7-14-30-24)31-25-32-23(26(27,28)29)22(35-25)17-8-4-3-5-9-17/h3-12,14H,2,13,15-16H2,1H3,(H,31,32). The third-order valence-corrected chi connectivity index (χ3v) is 6.92. The molecule has 35 heavy (non-hydrogen) atoms. The second kappa shape index (κ2) is 9.67. The normalized spacial score (nSPS) is 13.9. The molecule has 0 atom stereocenters. The van der Waals surface area contributed by atoms with Crippen molar-refractivity contribution in [2.45, 2.75) is 26.1 Å². The van der Waals surface area contributed by atoms with Crippen LogP contribution in [0.1, 0.15) is 23.7 Å². The van der Waals surface area contributed by atoms with E-state index in [9.17, 15) is 13.2 Å². The number of aromatic nitrogens is 2. The first-order valence-corrected chi connectivity index (χ1v) is 12.1. The Bertz CT molecular complexity index is 1320. The van der Waals surface area contributed by atoms with Crippen LogP contribution < -0.4 is 10.1 Å². The van der Waals surface area contributed by atoms with Crippen LogP contribution in [0.2, 0.25) is 0 Å². The summed E-state index contributed by atoms with van der Waals surface area (Å²) in [6.45, 7) is 4.93. The van der Waals surface area contributed by atoms with Crippen molar-refractivity contribution in [1.29, 1.82) is 0 Å². The summed E-state index contributed by atoms with van der Waals surface area (Å²) in [5.74, 6) is 0.990. The van der Waals surface area contributed by atoms with Gasteiger partial charge in [-0.1, -0.05) is 60.7 Å². The molecule has 0 unspecified atom stereocenters. The predicted octanol–water partition coefficient (Wildman–Crippen LogP) is 7.14. The summed E-state index contributed by atoms with van der Waals surface area (Å²) in [6, 6.07) is 17.8. The highest BCUT2D eigenvalue weighted by Gasteiger charge is 2.38. The van der Waals surface area contributed by atoms with Crippen LogP contribution >= 0.6 is 11.3 Å². The van der Waals surface area contributed by atoms with E-state index in [-0.39, 0.29) is 15.9 Å². The van der Waals surface area contributed by atoms with Crippen LogP contribution in [0.3, 0.4) is 0 Å². The van der Waals surface area contributed by atoms with Crippen molar-refractivity contribution >= 4 is 22.2 Å². The highest BCUT2D eigenvalue weighted by molar-refractivity contribution is 7.19. The molecule has 0 saturated carbocycles. The molecule has 180 valence electrons. The summed E-state index contributed by atoms with van der Waals surface area (Å²) in [5, 5.41) is 3.12. The molecule has 1 aliphatic rings. The SMILES string of the molecule is CCN1CCc2c(cccc2Oc2ncccc2Nc2nc(C(F)(F)F)c(-c3ccccc3)s2)C1. The highest BCUT2D eigenvalue weighted by Crippen LogP contribution is 2.43. The number of likely N-dealkylation sites (N-methyl/N-ethyl adjacent to an activating group) is 1. The van der Waals surface area contributed by atoms with Crippen LogP contribution in [0.5, 0.6) is 11.6 Å². The quantitative estimate of drug-likeness (QED) is 0.308. The molecule has 0 aliphatic carbocycles. The Morgan fingerprint density at radius 2 is 1.89 bits per heavy atom. The van der Waals surface area contributed by atoms with E-state index >= 15 is 0 Å². The van der Waals surface area contributed by atoms with Gasteiger partial charge in [0.15, 0.2) is 10.8 Å². The lowest BCUT2D eigenvalue weighted by Gasteiger charge is -2.28. The molecule has 0 fully saturated rings. The van der Waals surface area contributed by atoms with E-state index in [4.69, 9.17) is 4.74 Å². The molecule has 0 radical (unpaired) electrons. The van der Waals surface area contributed by atoms with Crippen molar-refractivity contribution < 1.29 is 17.9 Å². The first kappa shape index (κ1) is 23.3. The Hall–Kier alpha value is -3.43. The number of nitrogens with zero attached hydrogens (tertiary/aromatic N) is 3. The second-order valence-electron chi connectivity index (χ2n) is 8.16. The van der Waals surface area contributed by atoms with E-state index < -0.39 is 11.9 Å². The fraction of sp³-hybridized carbons (Fsp3) is 0.231. The van der Waals surface area contributed by atoms with Gasteiger partial charge in [-0.2, -0.15) is 13.2 Å². The number of rotatable bonds is 6. The van der Waals surface area contributed by atoms with Gasteiger partial charge in [0.05, 0.1) is 4.88 Å². The first-order chi connectivity index (χ1) is 16.9. The number of nitrogens with one attached hydrogen (secondary N) is 1. The summed E-state index contributed by atoms with van der Waals surface area (Å²) in [7, 11) is 0. The number of halogens is 3. The van der Waals surface area contributed by atoms with Crippen molar-refractivity contribution in [3.8, 4) is 22.1 Å². The maximum absolute atomic E-state index is 13.7. The summed E-state index contributed by atoms with van der Waals surface area (Å²) < 4.78 is 47.4. The van der Waals surface area contributed by atoms with Crippen molar-refractivity contribution in [3.05, 3.63) is 83.7 Å². The van der Waals surface area contributed by atoms with Gasteiger partial charge in [-0.3, -0.25) is 4.90 Å². The van der Waals surface area contributed by atoms with Gasteiger partial charge in [0.25, 0.3) is 0 Å². The van der Waals surface area contributed by atoms with E-state index in [1.165, 1.54) is 5.56 Å². The lowest BCUT2D eigenvalue weighted by molar-refractivity contribution is -0.140. The zero-order valence-corrected chi connectivity index (χ0v) is 19.8. The van der Waals surface area contributed by atoms with Crippen molar-refractivity contribution in [2.75, 3.05) is 18.4 Å². The van der Waals surface area contributed by atoms with Gasteiger partial charge in [-0.25, -0.2) is 9.97 Å². The molecule has 5 rings (SSSR count). The van der Waals surface area contributed by atoms with Crippen molar-refractivity contribution in [3.63, 3.8) is 0 Å². The van der Waals surface area contributed by atoms with Gasteiger partial charge in [0.2, 0.25) is 5.88 Å². The van der Waals surface area contributed by atoms with E-state index in [0.29, 0.717) is 17.0 Å². The number of ether oxygens (including phenoxy) is 1. The molecule has 5 nitrogen and oxygen atoms in total. The molecule has 0 saturated heterocycles. The fourth-order valence-electron chi connectivity index (χ4n) is 4.14. The second-order valence-corrected chi connectivity index (χ2v) is 9.16. The minimum Gasteiger partial charge on any atom is -0.437 e. The lowest BCUT2D eigenvalue weighted by Crippen LogP contribution is -2.30. The molecule has 3 heterocycles. The molecule has 2 aromatic heterocycles. The van der Waals surface area contributed by atoms with Crippen LogP contribution in [-0.4, -0.2) is 28.0 Å². The number of anilines is 2. The van der Waals surface area contributed by atoms with Gasteiger partial charge >= 0.3 is 6.18 Å². The Morgan fingerprint density at radius 1 is 1.06 bits per heavy atom. The number of hydrogen-bond donors (Lipinski definition) is 1. The Morgan fingerprint density at radius 3 is 2.66 bits per heavy atom. The van der Waals surface area contributed by atoms with E-state index in [0.717, 1.165) is 43.0 Å². The number of pyridine rings is 1. The molecule has 0 spiro atoms. The number of hydrogen-bond acceptors (Lipinski definition) is 6. The molecular formula is C26H23F3N4OS. The van der Waals surface area contributed by atoms with Crippen LogP contribution in [-0.2, 0) is 19.1 Å². The molecule has 0 bridgehead atoms. The third-order valence-electron chi connectivity index (χ3n) is 5.90. The number of thiazole rings is 1. The maximum Gasteiger partial charge on any atom is 0.434 e. The van der Waals surface area contributed by atoms with Gasteiger partial charge in [-0.15, -0.1) is 0 Å². The van der Waals surface area contributed by atoms with Crippen LogP contribution in [0.15, 0.2) is 66.9 Å². The Balaban J connectivity index is 1.45. The molecule has 1 aliphatic heterocycles. The van der Waals surface area contributed by atoms with Gasteiger partial charge in [-0.05, 0) is 42.3 Å². The zero-order chi connectivity index (χ0) is 24.4. The van der Waals surface area contributed by atoms with E-state index in [1.807, 2.05) is 12.1 Å². The topological polar surface area (TPSA) is 50.3 Å². The average Bonchev–Trinajstić information content (AvgIpc) is 3.30. The molecule has 1 N–H and O–H groups in total. The van der Waals surface area contributed by atoms with Gasteiger partial charge in [0.1, 0.15) is 11.4 Å². The monoisotopic (exact) mass is 496 g/mol. The summed E-state index contributed by atoms with van der Waals surface area (Å²) in [5.41, 5.74) is 2.33. The number of benzene rings is 2. The van der Waals surface area contributed by atoms with Crippen molar-refractivity contribution in [1.82, 2.24) is 14.9 Å². The molecule has 9 heteroatoms. The number of alkyl halides is 3. The lowest BCUT2D eigenvalue weighted by atomic mass is 9.99. The average molecular weight is 497 g/mol. The molecular weight excluding hydrogens is 473 g/mol. The Kier molecular flexibility index (Phi) is 6.44. The smallest absolute Gasteiger partial charge is 0.434 e. The minimum absolute atomic E-state index is 0.0598. The van der Waals surface area contributed by atoms with Crippen molar-refractivity contribution in [2.24, 2.45) is 0 Å². The third kappa shape index (κ3) is 5.01. The largest absolute Gasteiger partial charge is 0.437 e. The summed E-state index contributed by atoms with van der Waals surface area (Å²) in [6.07, 6.45) is -2.13. The molecule has 0 amide bonds. The number of fused-ring (bicyclic) bond motifs is 1. The van der Waals surface area contributed by atoms with Crippen LogP contribution in [0.4, 0.5) is 24.0 Å².